The molecule has 1 amide bonds. The Hall–Kier alpha value is -2.32. The van der Waals surface area contributed by atoms with E-state index in [0.29, 0.717) is 25.0 Å². The lowest BCUT2D eigenvalue weighted by Crippen LogP contribution is -2.25. The van der Waals surface area contributed by atoms with E-state index in [2.05, 4.69) is 4.99 Å². The highest BCUT2D eigenvalue weighted by Gasteiger charge is 2.25. The van der Waals surface area contributed by atoms with Gasteiger partial charge in [0.1, 0.15) is 4.88 Å². The summed E-state index contributed by atoms with van der Waals surface area (Å²) in [5, 5.41) is 20.4. The molecule has 23 heavy (non-hydrogen) atoms. The molecule has 1 aromatic heterocycles. The van der Waals surface area contributed by atoms with Crippen LogP contribution >= 0.6 is 23.6 Å². The van der Waals surface area contributed by atoms with Crippen molar-refractivity contribution in [2.45, 2.75) is 19.9 Å². The summed E-state index contributed by atoms with van der Waals surface area (Å²) in [6, 6.07) is 5.45. The van der Waals surface area contributed by atoms with Crippen molar-refractivity contribution in [3.63, 3.8) is 0 Å². The highest BCUT2D eigenvalue weighted by atomic mass is 32.1. The fourth-order valence-corrected chi connectivity index (χ4v) is 3.86. The van der Waals surface area contributed by atoms with Gasteiger partial charge in [0.15, 0.2) is 3.95 Å². The Labute approximate surface area is 139 Å². The van der Waals surface area contributed by atoms with Crippen LogP contribution in [-0.2, 0) is 16.1 Å². The molecule has 0 saturated carbocycles. The molecule has 118 valence electrons. The molecule has 0 fully saturated rings. The molecule has 0 radical (unpaired) electrons. The van der Waals surface area contributed by atoms with Crippen LogP contribution in [0.1, 0.15) is 16.9 Å². The number of aryl methyl sites for hydroxylation is 1. The average Bonchev–Trinajstić information content (AvgIpc) is 2.95. The number of rotatable bonds is 4. The average molecular weight is 348 g/mol. The van der Waals surface area contributed by atoms with Crippen LogP contribution in [0.25, 0.3) is 5.57 Å². The van der Waals surface area contributed by atoms with Crippen LogP contribution < -0.4 is 10.6 Å². The molecule has 3 rings (SSSR count). The number of carbonyl (C=O) groups is 2. The summed E-state index contributed by atoms with van der Waals surface area (Å²) in [6.45, 7) is 1.91. The molecule has 2 aromatic rings. The second-order valence-corrected chi connectivity index (χ2v) is 6.72. The number of aliphatic carboxylic acids is 1. The number of hydrogen-bond donors (Lipinski definition) is 2. The number of hydrogen-bond acceptors (Lipinski definition) is 5. The number of nitrogens with zero attached hydrogens (tertiary/aromatic N) is 2. The number of thiazole rings is 1. The monoisotopic (exact) mass is 348 g/mol. The van der Waals surface area contributed by atoms with E-state index in [1.165, 1.54) is 4.57 Å². The van der Waals surface area contributed by atoms with E-state index < -0.39 is 11.9 Å². The lowest BCUT2D eigenvalue weighted by molar-refractivity contribution is -0.137. The summed E-state index contributed by atoms with van der Waals surface area (Å²) in [5.41, 5.74) is 1.19. The predicted octanol–water partition coefficient (Wildman–Crippen LogP) is 1.13. The molecular formula is C15H12N2O4S2. The van der Waals surface area contributed by atoms with E-state index >= 15 is 0 Å². The zero-order valence-electron chi connectivity index (χ0n) is 12.1. The van der Waals surface area contributed by atoms with Gasteiger partial charge in [0.25, 0.3) is 5.91 Å². The molecular weight excluding hydrogens is 336 g/mol. The van der Waals surface area contributed by atoms with Crippen molar-refractivity contribution in [2.75, 3.05) is 0 Å². The number of amides is 1. The van der Waals surface area contributed by atoms with Crippen molar-refractivity contribution in [1.29, 1.82) is 0 Å². The predicted molar refractivity (Wildman–Crippen MR) is 86.5 cm³/mol. The number of carbonyl (C=O) groups excluding carboxylic acids is 1. The Balaban J connectivity index is 2.21. The van der Waals surface area contributed by atoms with Crippen molar-refractivity contribution >= 4 is 41.0 Å². The minimum Gasteiger partial charge on any atom is -0.493 e. The number of aromatic hydroxyl groups is 1. The lowest BCUT2D eigenvalue weighted by Gasteiger charge is -2.03. The van der Waals surface area contributed by atoms with E-state index in [-0.39, 0.29) is 18.8 Å². The smallest absolute Gasteiger partial charge is 0.305 e. The number of benzene rings is 1. The zero-order chi connectivity index (χ0) is 16.7. The van der Waals surface area contributed by atoms with Gasteiger partial charge in [-0.15, -0.1) is 11.3 Å². The van der Waals surface area contributed by atoms with Crippen LogP contribution in [0.15, 0.2) is 23.2 Å². The highest BCUT2D eigenvalue weighted by molar-refractivity contribution is 7.73. The number of carboxylic acids is 1. The summed E-state index contributed by atoms with van der Waals surface area (Å²) < 4.78 is 1.65. The van der Waals surface area contributed by atoms with Crippen LogP contribution in [0.2, 0.25) is 0 Å². The maximum atomic E-state index is 12.3. The van der Waals surface area contributed by atoms with Crippen LogP contribution in [0.3, 0.4) is 0 Å². The quantitative estimate of drug-likeness (QED) is 0.808. The minimum atomic E-state index is -0.986. The second-order valence-electron chi connectivity index (χ2n) is 5.08. The maximum absolute atomic E-state index is 12.3. The van der Waals surface area contributed by atoms with Crippen molar-refractivity contribution in [1.82, 2.24) is 4.57 Å². The van der Waals surface area contributed by atoms with Gasteiger partial charge < -0.3 is 10.2 Å². The lowest BCUT2D eigenvalue weighted by atomic mass is 10.1. The van der Waals surface area contributed by atoms with Crippen LogP contribution in [-0.4, -0.2) is 26.7 Å². The van der Waals surface area contributed by atoms with Crippen LogP contribution in [0.4, 0.5) is 0 Å². The van der Waals surface area contributed by atoms with Crippen molar-refractivity contribution < 1.29 is 19.8 Å². The number of aromatic nitrogens is 1. The molecule has 1 aromatic carbocycles. The molecule has 1 aliphatic rings. The Morgan fingerprint density at radius 2 is 2.17 bits per heavy atom. The first kappa shape index (κ1) is 15.6. The van der Waals surface area contributed by atoms with Crippen LogP contribution in [0, 0.1) is 10.9 Å². The second kappa shape index (κ2) is 5.71. The molecule has 2 N–H and O–H groups in total. The fraction of sp³-hybridized carbons (Fsp3) is 0.200. The third kappa shape index (κ3) is 2.60. The Morgan fingerprint density at radius 3 is 2.87 bits per heavy atom. The van der Waals surface area contributed by atoms with Crippen molar-refractivity contribution in [2.24, 2.45) is 4.99 Å². The van der Waals surface area contributed by atoms with Crippen molar-refractivity contribution in [3.8, 4) is 5.88 Å². The fourth-order valence-electron chi connectivity index (χ4n) is 2.47. The summed E-state index contributed by atoms with van der Waals surface area (Å²) in [5.74, 6) is -1.60. The molecule has 0 bridgehead atoms. The molecule has 0 unspecified atom stereocenters. The summed E-state index contributed by atoms with van der Waals surface area (Å²) in [7, 11) is 0. The molecule has 0 saturated heterocycles. The molecule has 0 aliphatic carbocycles. The van der Waals surface area contributed by atoms with Gasteiger partial charge in [-0.05, 0) is 24.7 Å². The van der Waals surface area contributed by atoms with Gasteiger partial charge in [-0.25, -0.2) is 4.99 Å². The molecule has 0 atom stereocenters. The standard InChI is InChI=1S/C15H12N2O4S2/c1-7-3-2-4-8-10(13(20)16-11(7)8)12-14(21)17(15(22)23-12)6-5-9(18)19/h2-4,21H,5-6H2,1H3,(H,18,19). The third-order valence-corrected chi connectivity index (χ3v) is 5.04. The summed E-state index contributed by atoms with van der Waals surface area (Å²) in [6.07, 6.45) is -0.165. The largest absolute Gasteiger partial charge is 0.493 e. The summed E-state index contributed by atoms with van der Waals surface area (Å²) >= 11 is 6.26. The topological polar surface area (TPSA) is 91.9 Å². The van der Waals surface area contributed by atoms with Gasteiger partial charge in [-0.1, -0.05) is 18.2 Å². The van der Waals surface area contributed by atoms with Gasteiger partial charge in [0.05, 0.1) is 17.4 Å². The van der Waals surface area contributed by atoms with E-state index in [9.17, 15) is 14.7 Å². The van der Waals surface area contributed by atoms with E-state index in [1.807, 2.05) is 19.1 Å². The first-order chi connectivity index (χ1) is 10.9. The molecule has 8 heteroatoms. The number of carboxylic acid groups (broad SMARTS) is 1. The Bertz CT molecular complexity index is 1020. The molecule has 6 nitrogen and oxygen atoms in total. The maximum Gasteiger partial charge on any atom is 0.305 e. The van der Waals surface area contributed by atoms with Crippen molar-refractivity contribution in [3.05, 3.63) is 43.2 Å². The van der Waals surface area contributed by atoms with Crippen LogP contribution in [0.5, 0.6) is 5.88 Å². The third-order valence-electron chi connectivity index (χ3n) is 3.58. The molecule has 0 spiro atoms. The van der Waals surface area contributed by atoms with E-state index in [4.69, 9.17) is 17.3 Å². The normalized spacial score (nSPS) is 13.1. The SMILES string of the molecule is Cc1cccc2c1=NC(=O)C=2c1sc(=S)n(CCC(=O)O)c1O. The Kier molecular flexibility index (Phi) is 3.87. The van der Waals surface area contributed by atoms with E-state index in [1.54, 1.807) is 6.07 Å². The number of fused-ring (bicyclic) bond motifs is 1. The first-order valence-electron chi connectivity index (χ1n) is 6.78. The first-order valence-corrected chi connectivity index (χ1v) is 8.00. The Morgan fingerprint density at radius 1 is 1.43 bits per heavy atom. The minimum absolute atomic E-state index is 0.0514. The van der Waals surface area contributed by atoms with Gasteiger partial charge in [-0.2, -0.15) is 0 Å². The van der Waals surface area contributed by atoms with E-state index in [0.717, 1.165) is 16.9 Å². The van der Waals surface area contributed by atoms with Gasteiger partial charge in [0.2, 0.25) is 5.88 Å². The highest BCUT2D eigenvalue weighted by Crippen LogP contribution is 2.32. The van der Waals surface area contributed by atoms with Gasteiger partial charge in [0, 0.05) is 11.8 Å². The summed E-state index contributed by atoms with van der Waals surface area (Å²) in [4.78, 5) is 27.4. The zero-order valence-corrected chi connectivity index (χ0v) is 13.7. The van der Waals surface area contributed by atoms with Gasteiger partial charge >= 0.3 is 5.97 Å². The van der Waals surface area contributed by atoms with Gasteiger partial charge in [-0.3, -0.25) is 14.2 Å². The molecule has 1 aliphatic heterocycles. The molecule has 2 heterocycles. The number of para-hydroxylation sites is 1.